The summed E-state index contributed by atoms with van der Waals surface area (Å²) in [5.41, 5.74) is 2.32. The van der Waals surface area contributed by atoms with Gasteiger partial charge >= 0.3 is 0 Å². The Morgan fingerprint density at radius 1 is 1.18 bits per heavy atom. The standard InChI is InChI=1S/C21H20F2N2O3/c1-10-4-12(20-15(23)8-14(22)9-25-20)5-11(2)18(10)19-16(26)6-13(21(19)28)7-17(27)24-3/h4-5,8-9,13,19H,6-7H2,1-3H3,(H,24,27). The van der Waals surface area contributed by atoms with Gasteiger partial charge in [0.1, 0.15) is 23.2 Å². The first kappa shape index (κ1) is 19.8. The molecule has 1 aromatic heterocycles. The molecule has 1 aliphatic carbocycles. The lowest BCUT2D eigenvalue weighted by molar-refractivity contribution is -0.128. The molecule has 1 heterocycles. The van der Waals surface area contributed by atoms with E-state index in [2.05, 4.69) is 10.3 Å². The first-order valence-electron chi connectivity index (χ1n) is 8.92. The second-order valence-corrected chi connectivity index (χ2v) is 7.09. The highest BCUT2D eigenvalue weighted by atomic mass is 19.1. The maximum atomic E-state index is 14.1. The fraction of sp³-hybridized carbons (Fsp3) is 0.333. The molecule has 0 saturated heterocycles. The number of nitrogens with zero attached hydrogens (tertiary/aromatic N) is 1. The zero-order valence-electron chi connectivity index (χ0n) is 15.8. The SMILES string of the molecule is CNC(=O)CC1CC(=O)C(c2c(C)cc(-c3ncc(F)cc3F)cc2C)C1=O. The molecule has 1 fully saturated rings. The Hall–Kier alpha value is -2.96. The van der Waals surface area contributed by atoms with Gasteiger partial charge in [0.25, 0.3) is 0 Å². The van der Waals surface area contributed by atoms with Crippen LogP contribution in [0.3, 0.4) is 0 Å². The molecule has 1 N–H and O–H groups in total. The van der Waals surface area contributed by atoms with E-state index in [-0.39, 0.29) is 36.0 Å². The molecule has 1 amide bonds. The summed E-state index contributed by atoms with van der Waals surface area (Å²) < 4.78 is 27.2. The molecule has 3 rings (SSSR count). The van der Waals surface area contributed by atoms with Gasteiger partial charge in [0, 0.05) is 37.4 Å². The molecule has 1 aliphatic rings. The van der Waals surface area contributed by atoms with E-state index in [1.807, 2.05) is 0 Å². The lowest BCUT2D eigenvalue weighted by Gasteiger charge is -2.17. The Morgan fingerprint density at radius 3 is 2.39 bits per heavy atom. The number of aromatic nitrogens is 1. The minimum Gasteiger partial charge on any atom is -0.359 e. The van der Waals surface area contributed by atoms with Gasteiger partial charge in [-0.25, -0.2) is 8.78 Å². The van der Waals surface area contributed by atoms with Gasteiger partial charge in [-0.1, -0.05) is 0 Å². The van der Waals surface area contributed by atoms with Crippen molar-refractivity contribution >= 4 is 17.5 Å². The lowest BCUT2D eigenvalue weighted by atomic mass is 9.85. The molecule has 28 heavy (non-hydrogen) atoms. The topological polar surface area (TPSA) is 76.1 Å². The predicted octanol–water partition coefficient (Wildman–Crippen LogP) is 3.02. The van der Waals surface area contributed by atoms with Crippen molar-refractivity contribution in [1.29, 1.82) is 0 Å². The van der Waals surface area contributed by atoms with Crippen LogP contribution in [0.4, 0.5) is 8.78 Å². The van der Waals surface area contributed by atoms with Crippen molar-refractivity contribution in [1.82, 2.24) is 10.3 Å². The van der Waals surface area contributed by atoms with E-state index < -0.39 is 23.5 Å². The molecule has 2 atom stereocenters. The van der Waals surface area contributed by atoms with Crippen molar-refractivity contribution in [2.24, 2.45) is 5.92 Å². The van der Waals surface area contributed by atoms with Crippen molar-refractivity contribution in [3.05, 3.63) is 52.7 Å². The van der Waals surface area contributed by atoms with Crippen molar-refractivity contribution in [2.75, 3.05) is 7.05 Å². The van der Waals surface area contributed by atoms with Crippen LogP contribution in [0.1, 0.15) is 35.4 Å². The summed E-state index contributed by atoms with van der Waals surface area (Å²) in [4.78, 5) is 40.8. The van der Waals surface area contributed by atoms with Crippen LogP contribution in [0.2, 0.25) is 0 Å². The highest BCUT2D eigenvalue weighted by Crippen LogP contribution is 2.38. The third-order valence-corrected chi connectivity index (χ3v) is 5.13. The van der Waals surface area contributed by atoms with E-state index in [9.17, 15) is 23.2 Å². The molecule has 7 heteroatoms. The van der Waals surface area contributed by atoms with Crippen LogP contribution in [-0.2, 0) is 14.4 Å². The third-order valence-electron chi connectivity index (χ3n) is 5.13. The molecule has 0 spiro atoms. The number of carbonyl (C=O) groups is 3. The molecule has 0 radical (unpaired) electrons. The van der Waals surface area contributed by atoms with E-state index in [0.717, 1.165) is 12.3 Å². The van der Waals surface area contributed by atoms with Gasteiger partial charge in [-0.15, -0.1) is 0 Å². The van der Waals surface area contributed by atoms with Crippen molar-refractivity contribution in [3.63, 3.8) is 0 Å². The van der Waals surface area contributed by atoms with Gasteiger partial charge in [-0.2, -0.15) is 0 Å². The van der Waals surface area contributed by atoms with Crippen LogP contribution < -0.4 is 5.32 Å². The number of nitrogens with one attached hydrogen (secondary N) is 1. The summed E-state index contributed by atoms with van der Waals surface area (Å²) in [6.07, 6.45) is 0.953. The van der Waals surface area contributed by atoms with Gasteiger partial charge in [-0.3, -0.25) is 19.4 Å². The number of hydrogen-bond acceptors (Lipinski definition) is 4. The van der Waals surface area contributed by atoms with Gasteiger partial charge in [0.2, 0.25) is 5.91 Å². The second-order valence-electron chi connectivity index (χ2n) is 7.09. The summed E-state index contributed by atoms with van der Waals surface area (Å²) in [5, 5.41) is 2.47. The van der Waals surface area contributed by atoms with Crippen LogP contribution in [0.15, 0.2) is 24.4 Å². The Bertz CT molecular complexity index is 965. The fourth-order valence-electron chi connectivity index (χ4n) is 3.85. The van der Waals surface area contributed by atoms with E-state index >= 15 is 0 Å². The van der Waals surface area contributed by atoms with Crippen LogP contribution in [-0.4, -0.2) is 29.5 Å². The number of halogens is 2. The first-order chi connectivity index (χ1) is 13.2. The molecule has 2 unspecified atom stereocenters. The van der Waals surface area contributed by atoms with Crippen molar-refractivity contribution in [3.8, 4) is 11.3 Å². The number of ketones is 2. The molecule has 5 nitrogen and oxygen atoms in total. The van der Waals surface area contributed by atoms with Crippen LogP contribution >= 0.6 is 0 Å². The molecule has 1 aromatic carbocycles. The third kappa shape index (κ3) is 3.56. The predicted molar refractivity (Wildman–Crippen MR) is 98.6 cm³/mol. The largest absolute Gasteiger partial charge is 0.359 e. The summed E-state index contributed by atoms with van der Waals surface area (Å²) >= 11 is 0. The zero-order chi connectivity index (χ0) is 20.6. The normalized spacial score (nSPS) is 19.2. The Labute approximate surface area is 161 Å². The van der Waals surface area contributed by atoms with E-state index in [1.54, 1.807) is 26.0 Å². The maximum Gasteiger partial charge on any atom is 0.220 e. The smallest absolute Gasteiger partial charge is 0.220 e. The average Bonchev–Trinajstić information content (AvgIpc) is 2.88. The molecule has 0 aliphatic heterocycles. The summed E-state index contributed by atoms with van der Waals surface area (Å²) in [7, 11) is 1.48. The Balaban J connectivity index is 1.98. The minimum absolute atomic E-state index is 0.000665. The first-order valence-corrected chi connectivity index (χ1v) is 8.92. The van der Waals surface area contributed by atoms with Crippen LogP contribution in [0, 0.1) is 31.4 Å². The number of benzene rings is 1. The average molecular weight is 386 g/mol. The van der Waals surface area contributed by atoms with Crippen LogP contribution in [0.5, 0.6) is 0 Å². The molecular formula is C21H20F2N2O3. The summed E-state index contributed by atoms with van der Waals surface area (Å²) in [6.45, 7) is 3.47. The highest BCUT2D eigenvalue weighted by Gasteiger charge is 2.43. The quantitative estimate of drug-likeness (QED) is 0.820. The number of aryl methyl sites for hydroxylation is 2. The second kappa shape index (κ2) is 7.58. The van der Waals surface area contributed by atoms with E-state index in [1.165, 1.54) is 7.05 Å². The number of amides is 1. The molecule has 2 aromatic rings. The summed E-state index contributed by atoms with van der Waals surface area (Å²) in [6, 6.07) is 4.03. The van der Waals surface area contributed by atoms with Gasteiger partial charge in [0.15, 0.2) is 11.6 Å². The van der Waals surface area contributed by atoms with Gasteiger partial charge < -0.3 is 5.32 Å². The van der Waals surface area contributed by atoms with Crippen molar-refractivity contribution < 1.29 is 23.2 Å². The van der Waals surface area contributed by atoms with Crippen molar-refractivity contribution in [2.45, 2.75) is 32.6 Å². The number of hydrogen-bond donors (Lipinski definition) is 1. The number of Topliss-reactive ketones (excluding diaryl/α,β-unsaturated/α-hetero) is 2. The van der Waals surface area contributed by atoms with Crippen LogP contribution in [0.25, 0.3) is 11.3 Å². The van der Waals surface area contributed by atoms with E-state index in [0.29, 0.717) is 22.3 Å². The van der Waals surface area contributed by atoms with Gasteiger partial charge in [0.05, 0.1) is 6.20 Å². The fourth-order valence-corrected chi connectivity index (χ4v) is 3.85. The summed E-state index contributed by atoms with van der Waals surface area (Å²) in [5.74, 6) is -3.88. The monoisotopic (exact) mass is 386 g/mol. The van der Waals surface area contributed by atoms with E-state index in [4.69, 9.17) is 0 Å². The highest BCUT2D eigenvalue weighted by molar-refractivity contribution is 6.15. The lowest BCUT2D eigenvalue weighted by Crippen LogP contribution is -2.24. The Kier molecular flexibility index (Phi) is 5.36. The number of pyridine rings is 1. The molecule has 146 valence electrons. The minimum atomic E-state index is -0.922. The molecule has 0 bridgehead atoms. The molecule has 1 saturated carbocycles. The number of carbonyl (C=O) groups excluding carboxylic acids is 3. The molecular weight excluding hydrogens is 366 g/mol. The zero-order valence-corrected chi connectivity index (χ0v) is 15.8. The number of rotatable bonds is 4. The van der Waals surface area contributed by atoms with Gasteiger partial charge in [-0.05, 0) is 42.7 Å². The maximum absolute atomic E-state index is 14.1. The Morgan fingerprint density at radius 2 is 1.82 bits per heavy atom.